The molecule has 1 amide bonds. The van der Waals surface area contributed by atoms with Gasteiger partial charge in [0, 0.05) is 19.1 Å². The Kier molecular flexibility index (Phi) is 4.47. The van der Waals surface area contributed by atoms with E-state index >= 15 is 0 Å². The first kappa shape index (κ1) is 13.9. The van der Waals surface area contributed by atoms with Crippen LogP contribution in [0.4, 0.5) is 4.79 Å². The van der Waals surface area contributed by atoms with E-state index in [0.29, 0.717) is 25.6 Å². The third-order valence-corrected chi connectivity index (χ3v) is 3.44. The lowest BCUT2D eigenvalue weighted by Gasteiger charge is -2.37. The van der Waals surface area contributed by atoms with Gasteiger partial charge in [0.25, 0.3) is 0 Å². The van der Waals surface area contributed by atoms with E-state index in [1.54, 1.807) is 12.5 Å². The first-order valence-corrected chi connectivity index (χ1v) is 6.69. The molecular weight excluding hydrogens is 246 g/mol. The van der Waals surface area contributed by atoms with Gasteiger partial charge in [-0.3, -0.25) is 0 Å². The van der Waals surface area contributed by atoms with Crippen LogP contribution >= 0.6 is 0 Å². The van der Waals surface area contributed by atoms with Crippen LogP contribution in [0.3, 0.4) is 0 Å². The van der Waals surface area contributed by atoms with E-state index in [2.05, 4.69) is 13.8 Å². The summed E-state index contributed by atoms with van der Waals surface area (Å²) in [5.41, 5.74) is 1.10. The zero-order chi connectivity index (χ0) is 13.8. The highest BCUT2D eigenvalue weighted by Crippen LogP contribution is 2.31. The average Bonchev–Trinajstić information content (AvgIpc) is 2.89. The van der Waals surface area contributed by atoms with E-state index in [-0.39, 0.29) is 12.0 Å². The molecule has 0 radical (unpaired) electrons. The molecule has 1 saturated heterocycles. The summed E-state index contributed by atoms with van der Waals surface area (Å²) in [6.07, 6.45) is 3.19. The van der Waals surface area contributed by atoms with E-state index in [0.717, 1.165) is 12.0 Å². The van der Waals surface area contributed by atoms with Crippen molar-refractivity contribution in [3.05, 3.63) is 24.2 Å². The summed E-state index contributed by atoms with van der Waals surface area (Å²) in [5.74, 6) is 0.651. The van der Waals surface area contributed by atoms with Crippen LogP contribution in [0, 0.1) is 5.92 Å². The molecule has 5 nitrogen and oxygen atoms in total. The Morgan fingerprint density at radius 3 is 3.00 bits per heavy atom. The first-order valence-electron chi connectivity index (χ1n) is 6.69. The Bertz CT molecular complexity index is 402. The first-order chi connectivity index (χ1) is 9.08. The minimum absolute atomic E-state index is 0.0927. The lowest BCUT2D eigenvalue weighted by Crippen LogP contribution is -2.46. The van der Waals surface area contributed by atoms with Crippen LogP contribution in [0.15, 0.2) is 23.0 Å². The van der Waals surface area contributed by atoms with Crippen LogP contribution in [0.1, 0.15) is 31.7 Å². The summed E-state index contributed by atoms with van der Waals surface area (Å²) in [6, 6.07) is 1.94. The Morgan fingerprint density at radius 2 is 2.42 bits per heavy atom. The maximum Gasteiger partial charge on any atom is 0.407 e. The minimum Gasteiger partial charge on any atom is -0.472 e. The van der Waals surface area contributed by atoms with Crippen molar-refractivity contribution in [1.29, 1.82) is 0 Å². The smallest absolute Gasteiger partial charge is 0.407 e. The van der Waals surface area contributed by atoms with Crippen LogP contribution in [-0.2, 0) is 4.74 Å². The van der Waals surface area contributed by atoms with E-state index < -0.39 is 6.09 Å². The summed E-state index contributed by atoms with van der Waals surface area (Å²) >= 11 is 0. The van der Waals surface area contributed by atoms with Crippen molar-refractivity contribution in [3.63, 3.8) is 0 Å². The Morgan fingerprint density at radius 1 is 1.63 bits per heavy atom. The highest BCUT2D eigenvalue weighted by molar-refractivity contribution is 5.65. The van der Waals surface area contributed by atoms with Gasteiger partial charge in [-0.15, -0.1) is 0 Å². The predicted molar refractivity (Wildman–Crippen MR) is 70.2 cm³/mol. The van der Waals surface area contributed by atoms with Crippen LogP contribution in [0.2, 0.25) is 0 Å². The van der Waals surface area contributed by atoms with Crippen molar-refractivity contribution in [1.82, 2.24) is 4.90 Å². The molecule has 1 N–H and O–H groups in total. The molecule has 2 unspecified atom stereocenters. The predicted octanol–water partition coefficient (Wildman–Crippen LogP) is 2.79. The lowest BCUT2D eigenvalue weighted by molar-refractivity contribution is -0.0212. The number of carboxylic acid groups (broad SMARTS) is 1. The van der Waals surface area contributed by atoms with Gasteiger partial charge in [-0.1, -0.05) is 13.8 Å². The topological polar surface area (TPSA) is 62.9 Å². The molecule has 2 rings (SSSR count). The van der Waals surface area contributed by atoms with E-state index in [1.165, 1.54) is 4.90 Å². The molecule has 2 heterocycles. The van der Waals surface area contributed by atoms with Gasteiger partial charge in [0.05, 0.1) is 25.2 Å². The molecule has 1 aromatic heterocycles. The van der Waals surface area contributed by atoms with Gasteiger partial charge in [-0.05, 0) is 24.0 Å². The fraction of sp³-hybridized carbons (Fsp3) is 0.643. The number of carbonyl (C=O) groups is 1. The molecule has 0 saturated carbocycles. The van der Waals surface area contributed by atoms with Gasteiger partial charge < -0.3 is 19.2 Å². The summed E-state index contributed by atoms with van der Waals surface area (Å²) in [7, 11) is 0. The number of likely N-dealkylation sites (tertiary alicyclic amines) is 1. The molecule has 2 atom stereocenters. The number of piperidine rings is 1. The Hall–Kier alpha value is -1.49. The number of ether oxygens (including phenoxy) is 1. The van der Waals surface area contributed by atoms with Crippen molar-refractivity contribution in [2.75, 3.05) is 19.7 Å². The number of nitrogens with zero attached hydrogens (tertiary/aromatic N) is 1. The third-order valence-electron chi connectivity index (χ3n) is 3.44. The van der Waals surface area contributed by atoms with Crippen molar-refractivity contribution in [3.8, 4) is 0 Å². The maximum atomic E-state index is 11.1. The standard InChI is InChI=1S/C14H21NO4/c1-10(2)8-19-13-7-15(14(16)17)5-3-12(13)11-4-6-18-9-11/h4,6,9-10,12-13H,3,5,7-8H2,1-2H3,(H,16,17). The molecule has 1 aliphatic heterocycles. The van der Waals surface area contributed by atoms with E-state index in [9.17, 15) is 4.79 Å². The molecule has 106 valence electrons. The SMILES string of the molecule is CC(C)COC1CN(C(=O)O)CCC1c1ccoc1. The van der Waals surface area contributed by atoms with Crippen molar-refractivity contribution in [2.45, 2.75) is 32.3 Å². The minimum atomic E-state index is -0.871. The van der Waals surface area contributed by atoms with E-state index in [4.69, 9.17) is 14.3 Å². The maximum absolute atomic E-state index is 11.1. The summed E-state index contributed by atoms with van der Waals surface area (Å²) in [4.78, 5) is 12.5. The van der Waals surface area contributed by atoms with Crippen LogP contribution in [-0.4, -0.2) is 41.9 Å². The zero-order valence-electron chi connectivity index (χ0n) is 11.4. The molecule has 0 aliphatic carbocycles. The highest BCUT2D eigenvalue weighted by atomic mass is 16.5. The molecule has 1 fully saturated rings. The van der Waals surface area contributed by atoms with Crippen LogP contribution < -0.4 is 0 Å². The second-order valence-corrected chi connectivity index (χ2v) is 5.45. The summed E-state index contributed by atoms with van der Waals surface area (Å²) < 4.78 is 11.0. The van der Waals surface area contributed by atoms with Crippen LogP contribution in [0.25, 0.3) is 0 Å². The second-order valence-electron chi connectivity index (χ2n) is 5.45. The van der Waals surface area contributed by atoms with Gasteiger partial charge in [-0.2, -0.15) is 0 Å². The Labute approximate surface area is 113 Å². The molecule has 1 aliphatic rings. The fourth-order valence-electron chi connectivity index (χ4n) is 2.44. The van der Waals surface area contributed by atoms with Gasteiger partial charge in [0.1, 0.15) is 0 Å². The largest absolute Gasteiger partial charge is 0.472 e. The number of hydrogen-bond donors (Lipinski definition) is 1. The van der Waals surface area contributed by atoms with Crippen LogP contribution in [0.5, 0.6) is 0 Å². The quantitative estimate of drug-likeness (QED) is 0.911. The van der Waals surface area contributed by atoms with Crippen molar-refractivity contribution >= 4 is 6.09 Å². The molecule has 19 heavy (non-hydrogen) atoms. The average molecular weight is 267 g/mol. The number of hydrogen-bond acceptors (Lipinski definition) is 3. The number of amides is 1. The molecule has 0 bridgehead atoms. The normalized spacial score (nSPS) is 23.8. The van der Waals surface area contributed by atoms with Crippen molar-refractivity contribution in [2.24, 2.45) is 5.92 Å². The van der Waals surface area contributed by atoms with Gasteiger partial charge in [0.2, 0.25) is 0 Å². The summed E-state index contributed by atoms with van der Waals surface area (Å²) in [6.45, 7) is 5.80. The molecule has 0 aromatic carbocycles. The number of rotatable bonds is 4. The van der Waals surface area contributed by atoms with Gasteiger partial charge in [-0.25, -0.2) is 4.79 Å². The van der Waals surface area contributed by atoms with E-state index in [1.807, 2.05) is 6.07 Å². The monoisotopic (exact) mass is 267 g/mol. The lowest BCUT2D eigenvalue weighted by atomic mass is 9.88. The third kappa shape index (κ3) is 3.50. The number of furan rings is 1. The van der Waals surface area contributed by atoms with Gasteiger partial charge >= 0.3 is 6.09 Å². The second kappa shape index (κ2) is 6.10. The molecule has 0 spiro atoms. The highest BCUT2D eigenvalue weighted by Gasteiger charge is 2.33. The molecule has 1 aromatic rings. The Balaban J connectivity index is 2.06. The fourth-order valence-corrected chi connectivity index (χ4v) is 2.44. The zero-order valence-corrected chi connectivity index (χ0v) is 11.4. The molecule has 5 heteroatoms. The van der Waals surface area contributed by atoms with Crippen molar-refractivity contribution < 1.29 is 19.1 Å². The molecular formula is C14H21NO4. The summed E-state index contributed by atoms with van der Waals surface area (Å²) in [5, 5.41) is 9.10. The van der Waals surface area contributed by atoms with Gasteiger partial charge in [0.15, 0.2) is 0 Å².